The lowest BCUT2D eigenvalue weighted by atomic mass is 10.1. The van der Waals surface area contributed by atoms with Crippen LogP contribution in [0.25, 0.3) is 0 Å². The van der Waals surface area contributed by atoms with Gasteiger partial charge in [-0.15, -0.1) is 22.7 Å². The van der Waals surface area contributed by atoms with Crippen molar-refractivity contribution in [3.8, 4) is 0 Å². The van der Waals surface area contributed by atoms with E-state index in [1.165, 1.54) is 34.8 Å². The number of nitrogens with zero attached hydrogens (tertiary/aromatic N) is 1. The summed E-state index contributed by atoms with van der Waals surface area (Å²) in [5.74, 6) is -0.0839. The van der Waals surface area contributed by atoms with Gasteiger partial charge in [0.15, 0.2) is 5.78 Å². The highest BCUT2D eigenvalue weighted by atomic mass is 35.5. The summed E-state index contributed by atoms with van der Waals surface area (Å²) < 4.78 is 0. The van der Waals surface area contributed by atoms with Gasteiger partial charge in [-0.05, 0) is 35.0 Å². The van der Waals surface area contributed by atoms with Crippen molar-refractivity contribution in [1.29, 1.82) is 0 Å². The second-order valence-corrected chi connectivity index (χ2v) is 8.07. The molecule has 1 aromatic carbocycles. The van der Waals surface area contributed by atoms with E-state index in [2.05, 4.69) is 5.32 Å². The number of thiophene rings is 2. The second-order valence-electron chi connectivity index (χ2n) is 5.36. The molecule has 5 nitrogen and oxygen atoms in total. The van der Waals surface area contributed by atoms with Gasteiger partial charge in [0.05, 0.1) is 20.9 Å². The van der Waals surface area contributed by atoms with E-state index in [1.807, 2.05) is 17.5 Å². The molecule has 2 heterocycles. The molecule has 0 aliphatic rings. The van der Waals surface area contributed by atoms with Crippen LogP contribution < -0.4 is 5.32 Å². The zero-order valence-electron chi connectivity index (χ0n) is 13.1. The SMILES string of the molecule is O=C(CC(Nc1ccc(Cl)c([N+](=O)[O-])c1)c1cccs1)c1sccc1Cl. The molecule has 0 amide bonds. The molecule has 0 radical (unpaired) electrons. The minimum absolute atomic E-state index is 0.0645. The van der Waals surface area contributed by atoms with Gasteiger partial charge in [0, 0.05) is 23.1 Å². The maximum atomic E-state index is 12.6. The lowest BCUT2D eigenvalue weighted by Crippen LogP contribution is -2.14. The zero-order valence-corrected chi connectivity index (χ0v) is 16.3. The highest BCUT2D eigenvalue weighted by Gasteiger charge is 2.22. The Hall–Kier alpha value is -1.93. The van der Waals surface area contributed by atoms with Gasteiger partial charge >= 0.3 is 0 Å². The van der Waals surface area contributed by atoms with Crippen LogP contribution in [0.1, 0.15) is 27.0 Å². The second kappa shape index (κ2) is 8.18. The highest BCUT2D eigenvalue weighted by Crippen LogP contribution is 2.33. The number of hydrogen-bond acceptors (Lipinski definition) is 6. The number of nitrogens with one attached hydrogen (secondary N) is 1. The molecule has 134 valence electrons. The Labute approximate surface area is 167 Å². The Kier molecular flexibility index (Phi) is 5.93. The van der Waals surface area contributed by atoms with Crippen molar-refractivity contribution in [1.82, 2.24) is 0 Å². The Morgan fingerprint density at radius 3 is 2.58 bits per heavy atom. The smallest absolute Gasteiger partial charge is 0.289 e. The fourth-order valence-electron chi connectivity index (χ4n) is 2.43. The summed E-state index contributed by atoms with van der Waals surface area (Å²) in [4.78, 5) is 24.6. The topological polar surface area (TPSA) is 72.2 Å². The third-order valence-electron chi connectivity index (χ3n) is 3.63. The number of rotatable bonds is 7. The summed E-state index contributed by atoms with van der Waals surface area (Å²) in [6, 6.07) is 9.64. The van der Waals surface area contributed by atoms with E-state index in [0.717, 1.165) is 4.88 Å². The van der Waals surface area contributed by atoms with E-state index in [4.69, 9.17) is 23.2 Å². The first-order valence-corrected chi connectivity index (χ1v) is 9.97. The maximum absolute atomic E-state index is 12.6. The molecule has 0 aliphatic carbocycles. The number of nitro groups is 1. The lowest BCUT2D eigenvalue weighted by Gasteiger charge is -2.18. The van der Waals surface area contributed by atoms with Gasteiger partial charge in [0.2, 0.25) is 0 Å². The normalized spacial score (nSPS) is 11.9. The molecule has 1 unspecified atom stereocenters. The molecular formula is C17H12Cl2N2O3S2. The molecule has 26 heavy (non-hydrogen) atoms. The van der Waals surface area contributed by atoms with E-state index in [-0.39, 0.29) is 29.0 Å². The van der Waals surface area contributed by atoms with E-state index in [9.17, 15) is 14.9 Å². The molecule has 3 aromatic rings. The monoisotopic (exact) mass is 426 g/mol. The quantitative estimate of drug-likeness (QED) is 0.267. The van der Waals surface area contributed by atoms with Crippen LogP contribution in [0.2, 0.25) is 10.0 Å². The Bertz CT molecular complexity index is 941. The summed E-state index contributed by atoms with van der Waals surface area (Å²) in [6.07, 6.45) is 0.178. The average molecular weight is 427 g/mol. The molecule has 3 rings (SSSR count). The number of benzene rings is 1. The van der Waals surface area contributed by atoms with Crippen LogP contribution in [0.15, 0.2) is 47.2 Å². The van der Waals surface area contributed by atoms with Crippen molar-refractivity contribution in [3.05, 3.63) is 77.1 Å². The molecule has 1 N–H and O–H groups in total. The van der Waals surface area contributed by atoms with Gasteiger partial charge in [0.25, 0.3) is 5.69 Å². The minimum Gasteiger partial charge on any atom is -0.377 e. The summed E-state index contributed by atoms with van der Waals surface area (Å²) >= 11 is 14.7. The van der Waals surface area contributed by atoms with Crippen molar-refractivity contribution < 1.29 is 9.72 Å². The Morgan fingerprint density at radius 2 is 1.96 bits per heavy atom. The predicted octanol–water partition coefficient (Wildman–Crippen LogP) is 6.45. The van der Waals surface area contributed by atoms with Gasteiger partial charge in [-0.1, -0.05) is 29.3 Å². The zero-order chi connectivity index (χ0) is 18.7. The van der Waals surface area contributed by atoms with Crippen LogP contribution in [0.5, 0.6) is 0 Å². The molecule has 0 fully saturated rings. The standard InChI is InChI=1S/C17H12Cl2N2O3S2/c18-11-4-3-10(8-14(11)21(23)24)20-13(16-2-1-6-25-16)9-15(22)17-12(19)5-7-26-17/h1-8,13,20H,9H2. The van der Waals surface area contributed by atoms with E-state index < -0.39 is 4.92 Å². The average Bonchev–Trinajstić information content (AvgIpc) is 3.27. The van der Waals surface area contributed by atoms with Crippen molar-refractivity contribution in [2.45, 2.75) is 12.5 Å². The lowest BCUT2D eigenvalue weighted by molar-refractivity contribution is -0.384. The van der Waals surface area contributed by atoms with Gasteiger partial charge in [-0.25, -0.2) is 0 Å². The fraction of sp³-hybridized carbons (Fsp3) is 0.118. The minimum atomic E-state index is -0.537. The summed E-state index contributed by atoms with van der Waals surface area (Å²) in [7, 11) is 0. The van der Waals surface area contributed by atoms with Gasteiger partial charge in [-0.3, -0.25) is 14.9 Å². The van der Waals surface area contributed by atoms with Crippen LogP contribution in [0.4, 0.5) is 11.4 Å². The van der Waals surface area contributed by atoms with Crippen molar-refractivity contribution in [3.63, 3.8) is 0 Å². The molecule has 0 saturated carbocycles. The van der Waals surface area contributed by atoms with E-state index >= 15 is 0 Å². The molecular weight excluding hydrogens is 415 g/mol. The number of carbonyl (C=O) groups excluding carboxylic acids is 1. The number of anilines is 1. The number of nitro benzene ring substituents is 1. The third-order valence-corrected chi connectivity index (χ3v) is 6.32. The van der Waals surface area contributed by atoms with Crippen LogP contribution in [-0.4, -0.2) is 10.7 Å². The van der Waals surface area contributed by atoms with E-state index in [1.54, 1.807) is 17.5 Å². The van der Waals surface area contributed by atoms with Gasteiger partial charge in [-0.2, -0.15) is 0 Å². The van der Waals surface area contributed by atoms with Crippen molar-refractivity contribution in [2.24, 2.45) is 0 Å². The first kappa shape index (κ1) is 18.8. The maximum Gasteiger partial charge on any atom is 0.289 e. The number of Topliss-reactive ketones (excluding diaryl/α,β-unsaturated/α-hetero) is 1. The van der Waals surface area contributed by atoms with Gasteiger partial charge < -0.3 is 5.32 Å². The number of ketones is 1. The van der Waals surface area contributed by atoms with Crippen LogP contribution in [-0.2, 0) is 0 Å². The van der Waals surface area contributed by atoms with Crippen molar-refractivity contribution >= 4 is 63.0 Å². The largest absolute Gasteiger partial charge is 0.377 e. The fourth-order valence-corrected chi connectivity index (χ4v) is 4.50. The van der Waals surface area contributed by atoms with Gasteiger partial charge in [0.1, 0.15) is 5.02 Å². The van der Waals surface area contributed by atoms with Crippen LogP contribution >= 0.6 is 45.9 Å². The molecule has 1 atom stereocenters. The van der Waals surface area contributed by atoms with Crippen LogP contribution in [0, 0.1) is 10.1 Å². The van der Waals surface area contributed by atoms with Crippen molar-refractivity contribution in [2.75, 3.05) is 5.32 Å². The van der Waals surface area contributed by atoms with E-state index in [0.29, 0.717) is 15.6 Å². The first-order valence-electron chi connectivity index (χ1n) is 7.46. The third kappa shape index (κ3) is 4.24. The predicted molar refractivity (Wildman–Crippen MR) is 107 cm³/mol. The Balaban J connectivity index is 1.86. The molecule has 0 bridgehead atoms. The number of hydrogen-bond donors (Lipinski definition) is 1. The summed E-state index contributed by atoms with van der Waals surface area (Å²) in [5, 5.41) is 18.5. The summed E-state index contributed by atoms with van der Waals surface area (Å²) in [6.45, 7) is 0. The number of carbonyl (C=O) groups is 1. The molecule has 9 heteroatoms. The van der Waals surface area contributed by atoms with Crippen LogP contribution in [0.3, 0.4) is 0 Å². The molecule has 2 aromatic heterocycles. The molecule has 0 spiro atoms. The number of halogens is 2. The summed E-state index contributed by atoms with van der Waals surface area (Å²) in [5.41, 5.74) is 0.332. The first-order chi connectivity index (χ1) is 12.5. The Morgan fingerprint density at radius 1 is 1.15 bits per heavy atom. The molecule has 0 saturated heterocycles. The highest BCUT2D eigenvalue weighted by molar-refractivity contribution is 7.12. The molecule has 0 aliphatic heterocycles.